The molecular formula is C19H16BrNO4. The van der Waals surface area contributed by atoms with Crippen LogP contribution in [0.2, 0.25) is 0 Å². The van der Waals surface area contributed by atoms with Crippen LogP contribution in [0.4, 0.5) is 0 Å². The lowest BCUT2D eigenvalue weighted by molar-refractivity contribution is 0.0525. The summed E-state index contributed by atoms with van der Waals surface area (Å²) in [6.07, 6.45) is 0. The summed E-state index contributed by atoms with van der Waals surface area (Å²) in [5.74, 6) is -1.54. The molecule has 3 aromatic rings. The van der Waals surface area contributed by atoms with E-state index in [0.717, 1.165) is 16.5 Å². The summed E-state index contributed by atoms with van der Waals surface area (Å²) in [5.41, 5.74) is 2.67. The minimum absolute atomic E-state index is 0.0958. The topological polar surface area (TPSA) is 68.5 Å². The van der Waals surface area contributed by atoms with Crippen molar-refractivity contribution in [2.24, 2.45) is 0 Å². The summed E-state index contributed by atoms with van der Waals surface area (Å²) in [4.78, 5) is 24.1. The highest BCUT2D eigenvalue weighted by molar-refractivity contribution is 9.08. The van der Waals surface area contributed by atoms with Crippen LogP contribution in [0.3, 0.4) is 0 Å². The summed E-state index contributed by atoms with van der Waals surface area (Å²) in [5, 5.41) is 11.1. The zero-order valence-corrected chi connectivity index (χ0v) is 15.1. The minimum Gasteiger partial charge on any atom is -0.477 e. The van der Waals surface area contributed by atoms with E-state index in [2.05, 4.69) is 15.9 Å². The summed E-state index contributed by atoms with van der Waals surface area (Å²) in [6, 6.07) is 14.2. The Bertz CT molecular complexity index is 961. The van der Waals surface area contributed by atoms with Crippen molar-refractivity contribution < 1.29 is 19.4 Å². The Hall–Kier alpha value is -2.60. The molecule has 0 radical (unpaired) electrons. The Morgan fingerprint density at radius 2 is 1.92 bits per heavy atom. The number of carbonyl (C=O) groups is 2. The maximum atomic E-state index is 12.3. The summed E-state index contributed by atoms with van der Waals surface area (Å²) in [6.45, 7) is 1.98. The second-order valence-corrected chi connectivity index (χ2v) is 6.00. The van der Waals surface area contributed by atoms with E-state index in [1.54, 1.807) is 41.8 Å². The van der Waals surface area contributed by atoms with Crippen LogP contribution in [0.5, 0.6) is 0 Å². The fraction of sp³-hybridized carbons (Fsp3) is 0.158. The number of hydrogen-bond acceptors (Lipinski definition) is 3. The number of rotatable bonds is 5. The predicted molar refractivity (Wildman–Crippen MR) is 98.8 cm³/mol. The molecule has 0 spiro atoms. The van der Waals surface area contributed by atoms with Crippen molar-refractivity contribution in [1.82, 2.24) is 4.57 Å². The molecule has 0 amide bonds. The number of aromatic nitrogens is 1. The lowest BCUT2D eigenvalue weighted by Gasteiger charge is -2.13. The normalized spacial score (nSPS) is 10.8. The smallest absolute Gasteiger partial charge is 0.352 e. The zero-order chi connectivity index (χ0) is 18.0. The molecule has 0 aliphatic carbocycles. The summed E-state index contributed by atoms with van der Waals surface area (Å²) < 4.78 is 6.69. The number of carboxylic acid groups (broad SMARTS) is 1. The monoisotopic (exact) mass is 401 g/mol. The number of fused-ring (bicyclic) bond motifs is 1. The van der Waals surface area contributed by atoms with Crippen molar-refractivity contribution in [3.05, 3.63) is 65.4 Å². The second-order valence-electron chi connectivity index (χ2n) is 5.43. The molecule has 0 unspecified atom stereocenters. The molecule has 128 valence electrons. The molecule has 0 aliphatic heterocycles. The van der Waals surface area contributed by atoms with Gasteiger partial charge in [-0.1, -0.05) is 34.1 Å². The Balaban J connectivity index is 2.30. The predicted octanol–water partition coefficient (Wildman–Crippen LogP) is 4.40. The summed E-state index contributed by atoms with van der Waals surface area (Å²) in [7, 11) is 0. The van der Waals surface area contributed by atoms with Crippen LogP contribution in [0, 0.1) is 0 Å². The maximum Gasteiger partial charge on any atom is 0.352 e. The molecule has 0 saturated carbocycles. The molecule has 5 nitrogen and oxygen atoms in total. The van der Waals surface area contributed by atoms with Crippen molar-refractivity contribution in [2.75, 3.05) is 6.61 Å². The molecule has 0 bridgehead atoms. The van der Waals surface area contributed by atoms with E-state index in [9.17, 15) is 14.7 Å². The van der Waals surface area contributed by atoms with Crippen molar-refractivity contribution >= 4 is 38.8 Å². The van der Waals surface area contributed by atoms with Gasteiger partial charge in [-0.25, -0.2) is 9.59 Å². The van der Waals surface area contributed by atoms with E-state index in [-0.39, 0.29) is 12.3 Å². The lowest BCUT2D eigenvalue weighted by atomic mass is 10.1. The van der Waals surface area contributed by atoms with Gasteiger partial charge in [0, 0.05) is 10.7 Å². The Kier molecular flexibility index (Phi) is 4.90. The van der Waals surface area contributed by atoms with Gasteiger partial charge in [0.25, 0.3) is 0 Å². The van der Waals surface area contributed by atoms with Crippen LogP contribution in [-0.4, -0.2) is 28.2 Å². The van der Waals surface area contributed by atoms with Crippen molar-refractivity contribution in [3.63, 3.8) is 0 Å². The van der Waals surface area contributed by atoms with E-state index in [1.807, 2.05) is 18.2 Å². The number of halogens is 1. The van der Waals surface area contributed by atoms with Gasteiger partial charge in [-0.05, 0) is 42.8 Å². The number of para-hydroxylation sites is 1. The number of esters is 1. The van der Waals surface area contributed by atoms with Crippen LogP contribution < -0.4 is 0 Å². The molecule has 6 heteroatoms. The molecule has 25 heavy (non-hydrogen) atoms. The number of nitrogens with zero attached hydrogens (tertiary/aromatic N) is 1. The standard InChI is InChI=1S/C19H16BrNO4/c1-2-25-19(24)14-5-3-4-6-16(14)21-15-8-7-12(11-20)9-13(15)10-17(21)18(22)23/h3-10H,2,11H2,1H3,(H,22,23). The van der Waals surface area contributed by atoms with E-state index in [1.165, 1.54) is 0 Å². The zero-order valence-electron chi connectivity index (χ0n) is 13.5. The third-order valence-electron chi connectivity index (χ3n) is 3.88. The number of hydrogen-bond donors (Lipinski definition) is 1. The molecule has 2 aromatic carbocycles. The first-order chi connectivity index (χ1) is 12.1. The Morgan fingerprint density at radius 1 is 1.16 bits per heavy atom. The van der Waals surface area contributed by atoms with Gasteiger partial charge < -0.3 is 14.4 Å². The highest BCUT2D eigenvalue weighted by atomic mass is 79.9. The van der Waals surface area contributed by atoms with Gasteiger partial charge in [0.15, 0.2) is 0 Å². The first-order valence-electron chi connectivity index (χ1n) is 7.77. The molecule has 1 N–H and O–H groups in total. The van der Waals surface area contributed by atoms with E-state index < -0.39 is 11.9 Å². The average molecular weight is 402 g/mol. The van der Waals surface area contributed by atoms with Crippen LogP contribution in [0.1, 0.15) is 33.3 Å². The third kappa shape index (κ3) is 3.17. The van der Waals surface area contributed by atoms with Crippen molar-refractivity contribution in [2.45, 2.75) is 12.3 Å². The number of ether oxygens (including phenoxy) is 1. The van der Waals surface area contributed by atoms with E-state index in [4.69, 9.17) is 4.74 Å². The molecular weight excluding hydrogens is 386 g/mol. The van der Waals surface area contributed by atoms with Crippen LogP contribution >= 0.6 is 15.9 Å². The molecule has 1 aromatic heterocycles. The van der Waals surface area contributed by atoms with Crippen LogP contribution in [-0.2, 0) is 10.1 Å². The van der Waals surface area contributed by atoms with Crippen LogP contribution in [0.15, 0.2) is 48.5 Å². The first kappa shape index (κ1) is 17.2. The van der Waals surface area contributed by atoms with Crippen LogP contribution in [0.25, 0.3) is 16.6 Å². The molecule has 0 saturated heterocycles. The molecule has 1 heterocycles. The van der Waals surface area contributed by atoms with Gasteiger partial charge in [0.1, 0.15) is 5.69 Å². The van der Waals surface area contributed by atoms with Gasteiger partial charge in [0.2, 0.25) is 0 Å². The molecule has 0 fully saturated rings. The second kappa shape index (κ2) is 7.11. The number of aromatic carboxylic acids is 1. The van der Waals surface area contributed by atoms with Gasteiger partial charge in [-0.2, -0.15) is 0 Å². The fourth-order valence-corrected chi connectivity index (χ4v) is 3.16. The van der Waals surface area contributed by atoms with E-state index in [0.29, 0.717) is 16.6 Å². The minimum atomic E-state index is -1.06. The Labute approximate surface area is 153 Å². The van der Waals surface area contributed by atoms with Crippen molar-refractivity contribution in [3.8, 4) is 5.69 Å². The number of benzene rings is 2. The SMILES string of the molecule is CCOC(=O)c1ccccc1-n1c(C(=O)O)cc2cc(CBr)ccc21. The molecule has 0 aliphatic rings. The van der Waals surface area contributed by atoms with Gasteiger partial charge in [-0.3, -0.25) is 0 Å². The number of carbonyl (C=O) groups excluding carboxylic acids is 1. The fourth-order valence-electron chi connectivity index (χ4n) is 2.81. The quantitative estimate of drug-likeness (QED) is 0.508. The largest absolute Gasteiger partial charge is 0.477 e. The number of carboxylic acids is 1. The Morgan fingerprint density at radius 3 is 2.60 bits per heavy atom. The van der Waals surface area contributed by atoms with Gasteiger partial charge in [0.05, 0.1) is 23.4 Å². The average Bonchev–Trinajstić information content (AvgIpc) is 3.00. The first-order valence-corrected chi connectivity index (χ1v) is 8.89. The molecule has 0 atom stereocenters. The van der Waals surface area contributed by atoms with Gasteiger partial charge in [-0.15, -0.1) is 0 Å². The van der Waals surface area contributed by atoms with E-state index >= 15 is 0 Å². The van der Waals surface area contributed by atoms with Gasteiger partial charge >= 0.3 is 11.9 Å². The summed E-state index contributed by atoms with van der Waals surface area (Å²) >= 11 is 3.41. The number of alkyl halides is 1. The highest BCUT2D eigenvalue weighted by Crippen LogP contribution is 2.28. The maximum absolute atomic E-state index is 12.3. The third-order valence-corrected chi connectivity index (χ3v) is 4.53. The van der Waals surface area contributed by atoms with Crippen molar-refractivity contribution in [1.29, 1.82) is 0 Å². The highest BCUT2D eigenvalue weighted by Gasteiger charge is 2.21. The lowest BCUT2D eigenvalue weighted by Crippen LogP contribution is -2.13. The molecule has 3 rings (SSSR count).